The van der Waals surface area contributed by atoms with Crippen LogP contribution in [0, 0.1) is 5.92 Å². The Morgan fingerprint density at radius 3 is 2.32 bits per heavy atom. The van der Waals surface area contributed by atoms with Gasteiger partial charge in [0.2, 0.25) is 5.91 Å². The minimum Gasteiger partial charge on any atom is -0.353 e. The number of rotatable bonds is 7. The second-order valence-electron chi connectivity index (χ2n) is 5.42. The SMILES string of the molecule is CCC(C)CC(C)NC(=O)Cc1ccc(CN)cc1. The smallest absolute Gasteiger partial charge is 0.224 e. The molecule has 2 atom stereocenters. The lowest BCUT2D eigenvalue weighted by Crippen LogP contribution is -2.34. The molecule has 106 valence electrons. The third-order valence-corrected chi connectivity index (χ3v) is 3.48. The summed E-state index contributed by atoms with van der Waals surface area (Å²) in [5.74, 6) is 0.746. The quantitative estimate of drug-likeness (QED) is 0.793. The Bertz CT molecular complexity index is 386. The van der Waals surface area contributed by atoms with E-state index < -0.39 is 0 Å². The van der Waals surface area contributed by atoms with Crippen LogP contribution >= 0.6 is 0 Å². The standard InChI is InChI=1S/C16H26N2O/c1-4-12(2)9-13(3)18-16(19)10-14-5-7-15(11-17)8-6-14/h5-8,12-13H,4,9-11,17H2,1-3H3,(H,18,19). The van der Waals surface area contributed by atoms with E-state index in [-0.39, 0.29) is 11.9 Å². The molecule has 1 aromatic carbocycles. The molecule has 3 nitrogen and oxygen atoms in total. The van der Waals surface area contributed by atoms with Gasteiger partial charge < -0.3 is 11.1 Å². The van der Waals surface area contributed by atoms with Crippen molar-refractivity contribution < 1.29 is 4.79 Å². The maximum atomic E-state index is 11.9. The molecule has 3 heteroatoms. The number of hydrogen-bond acceptors (Lipinski definition) is 2. The number of amides is 1. The van der Waals surface area contributed by atoms with Crippen molar-refractivity contribution in [3.05, 3.63) is 35.4 Å². The van der Waals surface area contributed by atoms with Gasteiger partial charge in [0.1, 0.15) is 0 Å². The van der Waals surface area contributed by atoms with Crippen LogP contribution in [0.5, 0.6) is 0 Å². The van der Waals surface area contributed by atoms with E-state index in [0.717, 1.165) is 24.0 Å². The Kier molecular flexibility index (Phi) is 6.57. The van der Waals surface area contributed by atoms with Crippen molar-refractivity contribution in [2.45, 2.75) is 52.6 Å². The van der Waals surface area contributed by atoms with Crippen LogP contribution in [0.1, 0.15) is 44.7 Å². The summed E-state index contributed by atoms with van der Waals surface area (Å²) in [7, 11) is 0. The van der Waals surface area contributed by atoms with E-state index >= 15 is 0 Å². The van der Waals surface area contributed by atoms with Crippen LogP contribution in [-0.4, -0.2) is 11.9 Å². The number of benzene rings is 1. The molecule has 19 heavy (non-hydrogen) atoms. The van der Waals surface area contributed by atoms with Crippen LogP contribution < -0.4 is 11.1 Å². The van der Waals surface area contributed by atoms with E-state index in [0.29, 0.717) is 18.9 Å². The molecule has 1 rings (SSSR count). The van der Waals surface area contributed by atoms with E-state index in [4.69, 9.17) is 5.73 Å². The predicted molar refractivity (Wildman–Crippen MR) is 79.7 cm³/mol. The topological polar surface area (TPSA) is 55.1 Å². The van der Waals surface area contributed by atoms with Gasteiger partial charge >= 0.3 is 0 Å². The second kappa shape index (κ2) is 7.95. The first-order chi connectivity index (χ1) is 9.05. The molecule has 0 fully saturated rings. The number of carbonyl (C=O) groups excluding carboxylic acids is 1. The highest BCUT2D eigenvalue weighted by atomic mass is 16.1. The van der Waals surface area contributed by atoms with Gasteiger partial charge in [-0.3, -0.25) is 4.79 Å². The van der Waals surface area contributed by atoms with Crippen LogP contribution in [0.25, 0.3) is 0 Å². The van der Waals surface area contributed by atoms with Crippen molar-refractivity contribution in [2.24, 2.45) is 11.7 Å². The Hall–Kier alpha value is -1.35. The molecule has 1 amide bonds. The van der Waals surface area contributed by atoms with Gasteiger partial charge in [-0.15, -0.1) is 0 Å². The van der Waals surface area contributed by atoms with Crippen molar-refractivity contribution in [3.8, 4) is 0 Å². The largest absolute Gasteiger partial charge is 0.353 e. The highest BCUT2D eigenvalue weighted by molar-refractivity contribution is 5.78. The molecule has 0 aromatic heterocycles. The van der Waals surface area contributed by atoms with Crippen molar-refractivity contribution >= 4 is 5.91 Å². The fourth-order valence-corrected chi connectivity index (χ4v) is 2.13. The zero-order valence-corrected chi connectivity index (χ0v) is 12.3. The Morgan fingerprint density at radius 1 is 1.21 bits per heavy atom. The minimum atomic E-state index is 0.0938. The molecule has 0 aliphatic rings. The number of hydrogen-bond donors (Lipinski definition) is 2. The van der Waals surface area contributed by atoms with Crippen LogP contribution in [0.15, 0.2) is 24.3 Å². The normalized spacial score (nSPS) is 13.9. The van der Waals surface area contributed by atoms with Gasteiger partial charge in [-0.25, -0.2) is 0 Å². The summed E-state index contributed by atoms with van der Waals surface area (Å²) in [6.45, 7) is 7.01. The van der Waals surface area contributed by atoms with E-state index in [1.807, 2.05) is 24.3 Å². The maximum Gasteiger partial charge on any atom is 0.224 e. The first kappa shape index (κ1) is 15.7. The Balaban J connectivity index is 2.41. The number of nitrogens with one attached hydrogen (secondary N) is 1. The second-order valence-corrected chi connectivity index (χ2v) is 5.42. The van der Waals surface area contributed by atoms with Gasteiger partial charge in [0.15, 0.2) is 0 Å². The lowest BCUT2D eigenvalue weighted by atomic mass is 10.00. The molecule has 0 bridgehead atoms. The maximum absolute atomic E-state index is 11.9. The van der Waals surface area contributed by atoms with E-state index in [9.17, 15) is 4.79 Å². The number of carbonyl (C=O) groups is 1. The lowest BCUT2D eigenvalue weighted by Gasteiger charge is -2.17. The van der Waals surface area contributed by atoms with E-state index in [1.54, 1.807) is 0 Å². The predicted octanol–water partition coefficient (Wildman–Crippen LogP) is 2.63. The molecule has 0 aliphatic heterocycles. The van der Waals surface area contributed by atoms with Gasteiger partial charge in [0, 0.05) is 12.6 Å². The molecule has 0 saturated carbocycles. The van der Waals surface area contributed by atoms with Crippen LogP contribution in [0.3, 0.4) is 0 Å². The van der Waals surface area contributed by atoms with Crippen molar-refractivity contribution in [3.63, 3.8) is 0 Å². The summed E-state index contributed by atoms with van der Waals surface area (Å²) in [5, 5.41) is 3.06. The average Bonchev–Trinajstić information content (AvgIpc) is 2.39. The molecule has 0 aliphatic carbocycles. The fourth-order valence-electron chi connectivity index (χ4n) is 2.13. The third kappa shape index (κ3) is 5.88. The number of nitrogens with two attached hydrogens (primary N) is 1. The Morgan fingerprint density at radius 2 is 1.79 bits per heavy atom. The van der Waals surface area contributed by atoms with Crippen molar-refractivity contribution in [2.75, 3.05) is 0 Å². The first-order valence-electron chi connectivity index (χ1n) is 7.12. The van der Waals surface area contributed by atoms with Crippen molar-refractivity contribution in [1.29, 1.82) is 0 Å². The molecule has 0 radical (unpaired) electrons. The molecule has 2 unspecified atom stereocenters. The molecule has 0 saturated heterocycles. The summed E-state index contributed by atoms with van der Waals surface area (Å²) in [6, 6.07) is 8.14. The van der Waals surface area contributed by atoms with Gasteiger partial charge in [-0.1, -0.05) is 44.5 Å². The monoisotopic (exact) mass is 262 g/mol. The zero-order valence-electron chi connectivity index (χ0n) is 12.3. The summed E-state index contributed by atoms with van der Waals surface area (Å²) in [6.07, 6.45) is 2.63. The van der Waals surface area contributed by atoms with Gasteiger partial charge in [0.25, 0.3) is 0 Å². The third-order valence-electron chi connectivity index (χ3n) is 3.48. The Labute approximate surface area is 116 Å². The molecule has 0 heterocycles. The van der Waals surface area contributed by atoms with Crippen LogP contribution in [-0.2, 0) is 17.8 Å². The van der Waals surface area contributed by atoms with Gasteiger partial charge in [0.05, 0.1) is 6.42 Å². The van der Waals surface area contributed by atoms with Crippen LogP contribution in [0.4, 0.5) is 0 Å². The highest BCUT2D eigenvalue weighted by Gasteiger charge is 2.10. The molecular formula is C16H26N2O. The summed E-state index contributed by atoms with van der Waals surface area (Å²) < 4.78 is 0. The van der Waals surface area contributed by atoms with E-state index in [1.165, 1.54) is 0 Å². The van der Waals surface area contributed by atoms with E-state index in [2.05, 4.69) is 26.1 Å². The van der Waals surface area contributed by atoms with Crippen LogP contribution in [0.2, 0.25) is 0 Å². The molecule has 3 N–H and O–H groups in total. The summed E-state index contributed by atoms with van der Waals surface area (Å²) in [5.41, 5.74) is 7.67. The molecular weight excluding hydrogens is 236 g/mol. The van der Waals surface area contributed by atoms with Crippen molar-refractivity contribution in [1.82, 2.24) is 5.32 Å². The van der Waals surface area contributed by atoms with Gasteiger partial charge in [-0.05, 0) is 30.4 Å². The summed E-state index contributed by atoms with van der Waals surface area (Å²) in [4.78, 5) is 11.9. The first-order valence-corrected chi connectivity index (χ1v) is 7.12. The minimum absolute atomic E-state index is 0.0938. The fraction of sp³-hybridized carbons (Fsp3) is 0.562. The molecule has 0 spiro atoms. The zero-order chi connectivity index (χ0) is 14.3. The van der Waals surface area contributed by atoms with Gasteiger partial charge in [-0.2, -0.15) is 0 Å². The summed E-state index contributed by atoms with van der Waals surface area (Å²) >= 11 is 0. The average molecular weight is 262 g/mol. The molecule has 1 aromatic rings. The highest BCUT2D eigenvalue weighted by Crippen LogP contribution is 2.10. The lowest BCUT2D eigenvalue weighted by molar-refractivity contribution is -0.121.